The minimum absolute atomic E-state index is 0. The predicted molar refractivity (Wildman–Crippen MR) is 88.8 cm³/mol. The monoisotopic (exact) mass is 347 g/mol. The van der Waals surface area contributed by atoms with Gasteiger partial charge in [0.15, 0.2) is 0 Å². The molecule has 0 radical (unpaired) electrons. The van der Waals surface area contributed by atoms with Crippen molar-refractivity contribution < 1.29 is 13.2 Å². The van der Waals surface area contributed by atoms with E-state index in [1.54, 1.807) is 26.0 Å². The number of amides is 1. The number of carbonyl (C=O) groups excluding carboxylic acids is 1. The van der Waals surface area contributed by atoms with Gasteiger partial charge in [-0.25, -0.2) is 13.1 Å². The first-order valence-corrected chi connectivity index (χ1v) is 8.53. The molecular weight excluding hydrogens is 326 g/mol. The fourth-order valence-electron chi connectivity index (χ4n) is 2.23. The van der Waals surface area contributed by atoms with E-state index in [-0.39, 0.29) is 35.3 Å². The predicted octanol–water partition coefficient (Wildman–Crippen LogP) is 1.49. The maximum atomic E-state index is 12.0. The van der Waals surface area contributed by atoms with Crippen LogP contribution in [0.5, 0.6) is 0 Å². The molecule has 0 aliphatic carbocycles. The van der Waals surface area contributed by atoms with Crippen molar-refractivity contribution in [2.45, 2.75) is 43.7 Å². The average Bonchev–Trinajstić information content (AvgIpc) is 2.91. The van der Waals surface area contributed by atoms with Crippen LogP contribution in [0.25, 0.3) is 0 Å². The van der Waals surface area contributed by atoms with E-state index in [2.05, 4.69) is 15.4 Å². The van der Waals surface area contributed by atoms with Crippen molar-refractivity contribution in [3.05, 3.63) is 24.3 Å². The highest BCUT2D eigenvalue weighted by Crippen LogP contribution is 2.15. The number of hydrogen-bond donors (Lipinski definition) is 3. The number of anilines is 1. The van der Waals surface area contributed by atoms with Crippen LogP contribution in [-0.4, -0.2) is 33.0 Å². The molecule has 124 valence electrons. The van der Waals surface area contributed by atoms with Gasteiger partial charge in [0.25, 0.3) is 0 Å². The topological polar surface area (TPSA) is 87.3 Å². The van der Waals surface area contributed by atoms with Crippen LogP contribution in [0.1, 0.15) is 26.7 Å². The van der Waals surface area contributed by atoms with E-state index in [4.69, 9.17) is 0 Å². The Bertz CT molecular complexity index is 596. The van der Waals surface area contributed by atoms with Crippen molar-refractivity contribution in [2.24, 2.45) is 0 Å². The van der Waals surface area contributed by atoms with Crippen LogP contribution in [0, 0.1) is 0 Å². The molecule has 1 fully saturated rings. The number of rotatable bonds is 5. The summed E-state index contributed by atoms with van der Waals surface area (Å²) in [4.78, 5) is 12.1. The normalized spacial score (nSPS) is 18.0. The van der Waals surface area contributed by atoms with Gasteiger partial charge in [0.1, 0.15) is 0 Å². The smallest absolute Gasteiger partial charge is 0.241 e. The lowest BCUT2D eigenvalue weighted by atomic mass is 10.2. The van der Waals surface area contributed by atoms with Gasteiger partial charge >= 0.3 is 0 Å². The van der Waals surface area contributed by atoms with Crippen molar-refractivity contribution in [3.63, 3.8) is 0 Å². The quantitative estimate of drug-likeness (QED) is 0.753. The highest BCUT2D eigenvalue weighted by molar-refractivity contribution is 7.89. The summed E-state index contributed by atoms with van der Waals surface area (Å²) in [6.07, 6.45) is 1.83. The van der Waals surface area contributed by atoms with Gasteiger partial charge in [0, 0.05) is 11.7 Å². The molecule has 0 aromatic heterocycles. The largest absolute Gasteiger partial charge is 0.325 e. The Balaban J connectivity index is 0.00000242. The Labute approximate surface area is 137 Å². The summed E-state index contributed by atoms with van der Waals surface area (Å²) in [7, 11) is -3.50. The minimum atomic E-state index is -3.50. The number of carbonyl (C=O) groups is 1. The summed E-state index contributed by atoms with van der Waals surface area (Å²) < 4.78 is 26.5. The summed E-state index contributed by atoms with van der Waals surface area (Å²) in [5, 5.41) is 5.90. The number of benzene rings is 1. The zero-order valence-electron chi connectivity index (χ0n) is 12.6. The van der Waals surface area contributed by atoms with Gasteiger partial charge in [-0.05, 0) is 57.5 Å². The maximum absolute atomic E-state index is 12.0. The number of nitrogens with one attached hydrogen (secondary N) is 3. The Kier molecular flexibility index (Phi) is 6.80. The van der Waals surface area contributed by atoms with E-state index >= 15 is 0 Å². The van der Waals surface area contributed by atoms with E-state index < -0.39 is 10.0 Å². The molecule has 1 aliphatic heterocycles. The molecule has 1 atom stereocenters. The third-order valence-corrected chi connectivity index (χ3v) is 4.87. The summed E-state index contributed by atoms with van der Waals surface area (Å²) >= 11 is 0. The first-order chi connectivity index (χ1) is 9.88. The molecule has 2 rings (SSSR count). The lowest BCUT2D eigenvalue weighted by Gasteiger charge is -2.12. The van der Waals surface area contributed by atoms with Crippen LogP contribution in [0.2, 0.25) is 0 Å². The first kappa shape index (κ1) is 18.9. The molecule has 3 N–H and O–H groups in total. The minimum Gasteiger partial charge on any atom is -0.325 e. The van der Waals surface area contributed by atoms with E-state index in [0.717, 1.165) is 19.4 Å². The molecular formula is C14H22ClN3O3S. The van der Waals surface area contributed by atoms with Gasteiger partial charge in [-0.1, -0.05) is 0 Å². The molecule has 1 aromatic carbocycles. The highest BCUT2D eigenvalue weighted by atomic mass is 35.5. The summed E-state index contributed by atoms with van der Waals surface area (Å²) in [5.74, 6) is -0.0802. The number of hydrogen-bond acceptors (Lipinski definition) is 4. The van der Waals surface area contributed by atoms with Gasteiger partial charge in [-0.15, -0.1) is 12.4 Å². The van der Waals surface area contributed by atoms with Crippen LogP contribution in [0.3, 0.4) is 0 Å². The van der Waals surface area contributed by atoms with Crippen LogP contribution in [0.15, 0.2) is 29.2 Å². The van der Waals surface area contributed by atoms with Crippen LogP contribution < -0.4 is 15.4 Å². The van der Waals surface area contributed by atoms with E-state index in [9.17, 15) is 13.2 Å². The zero-order chi connectivity index (χ0) is 15.5. The molecule has 1 unspecified atom stereocenters. The second-order valence-corrected chi connectivity index (χ2v) is 7.15. The lowest BCUT2D eigenvalue weighted by Crippen LogP contribution is -2.35. The SMILES string of the molecule is CC(C)NS(=O)(=O)c1ccc(NC(=O)C2CCCN2)cc1.Cl. The third-order valence-electron chi connectivity index (χ3n) is 3.20. The molecule has 8 heteroatoms. The highest BCUT2D eigenvalue weighted by Gasteiger charge is 2.22. The van der Waals surface area contributed by atoms with Gasteiger partial charge in [0.2, 0.25) is 15.9 Å². The van der Waals surface area contributed by atoms with Gasteiger partial charge in [-0.3, -0.25) is 4.79 Å². The molecule has 1 aliphatic rings. The molecule has 1 saturated heterocycles. The van der Waals surface area contributed by atoms with Crippen LogP contribution in [-0.2, 0) is 14.8 Å². The number of halogens is 1. The van der Waals surface area contributed by atoms with Crippen molar-refractivity contribution in [1.29, 1.82) is 0 Å². The van der Waals surface area contributed by atoms with E-state index in [1.165, 1.54) is 12.1 Å². The molecule has 6 nitrogen and oxygen atoms in total. The fourth-order valence-corrected chi connectivity index (χ4v) is 3.48. The van der Waals surface area contributed by atoms with Crippen molar-refractivity contribution in [3.8, 4) is 0 Å². The van der Waals surface area contributed by atoms with Gasteiger partial charge in [0.05, 0.1) is 10.9 Å². The molecule has 22 heavy (non-hydrogen) atoms. The Morgan fingerprint density at radius 1 is 1.27 bits per heavy atom. The van der Waals surface area contributed by atoms with Crippen molar-refractivity contribution in [2.75, 3.05) is 11.9 Å². The van der Waals surface area contributed by atoms with Crippen molar-refractivity contribution >= 4 is 34.0 Å². The molecule has 1 heterocycles. The standard InChI is InChI=1S/C14H21N3O3S.ClH/c1-10(2)17-21(19,20)12-7-5-11(6-8-12)16-14(18)13-4-3-9-15-13;/h5-8,10,13,15,17H,3-4,9H2,1-2H3,(H,16,18);1H. The molecule has 0 saturated carbocycles. The second kappa shape index (κ2) is 7.92. The Hall–Kier alpha value is -1.15. The van der Waals surface area contributed by atoms with Crippen LogP contribution >= 0.6 is 12.4 Å². The summed E-state index contributed by atoms with van der Waals surface area (Å²) in [6, 6.07) is 5.85. The molecule has 0 spiro atoms. The number of sulfonamides is 1. The van der Waals surface area contributed by atoms with Crippen LogP contribution in [0.4, 0.5) is 5.69 Å². The third kappa shape index (κ3) is 4.95. The average molecular weight is 348 g/mol. The maximum Gasteiger partial charge on any atom is 0.241 e. The molecule has 1 aromatic rings. The lowest BCUT2D eigenvalue weighted by molar-refractivity contribution is -0.117. The van der Waals surface area contributed by atoms with Gasteiger partial charge < -0.3 is 10.6 Å². The zero-order valence-corrected chi connectivity index (χ0v) is 14.3. The first-order valence-electron chi connectivity index (χ1n) is 7.05. The Morgan fingerprint density at radius 3 is 2.41 bits per heavy atom. The summed E-state index contributed by atoms with van der Waals surface area (Å²) in [6.45, 7) is 4.39. The summed E-state index contributed by atoms with van der Waals surface area (Å²) in [5.41, 5.74) is 0.595. The van der Waals surface area contributed by atoms with E-state index in [0.29, 0.717) is 5.69 Å². The van der Waals surface area contributed by atoms with Crippen molar-refractivity contribution in [1.82, 2.24) is 10.0 Å². The molecule has 0 bridgehead atoms. The second-order valence-electron chi connectivity index (χ2n) is 5.44. The Morgan fingerprint density at radius 2 is 1.91 bits per heavy atom. The molecule has 1 amide bonds. The van der Waals surface area contributed by atoms with E-state index in [1.807, 2.05) is 0 Å². The van der Waals surface area contributed by atoms with Gasteiger partial charge in [-0.2, -0.15) is 0 Å². The fraction of sp³-hybridized carbons (Fsp3) is 0.500.